The molecular weight excluding hydrogens is 210 g/mol. The molecule has 1 amide bonds. The van der Waals surface area contributed by atoms with Crippen molar-refractivity contribution < 1.29 is 19.1 Å². The maximum Gasteiger partial charge on any atom is 0.257 e. The van der Waals surface area contributed by atoms with Gasteiger partial charge in [0.1, 0.15) is 11.5 Å². The second kappa shape index (κ2) is 5.75. The lowest BCUT2D eigenvalue weighted by atomic mass is 10.2. The lowest BCUT2D eigenvalue weighted by Crippen LogP contribution is -2.25. The molecule has 1 aromatic rings. The molecule has 0 heterocycles. The van der Waals surface area contributed by atoms with E-state index in [-0.39, 0.29) is 12.5 Å². The van der Waals surface area contributed by atoms with Crippen molar-refractivity contribution >= 4 is 12.2 Å². The number of ether oxygens (including phenoxy) is 2. The first-order valence-corrected chi connectivity index (χ1v) is 4.68. The minimum atomic E-state index is -0.257. The van der Waals surface area contributed by atoms with E-state index in [1.807, 2.05) is 0 Å². The van der Waals surface area contributed by atoms with Gasteiger partial charge in [0.05, 0.1) is 12.7 Å². The molecule has 0 aromatic heterocycles. The number of rotatable bonds is 5. The summed E-state index contributed by atoms with van der Waals surface area (Å²) < 4.78 is 10.1. The van der Waals surface area contributed by atoms with Gasteiger partial charge < -0.3 is 14.8 Å². The lowest BCUT2D eigenvalue weighted by Gasteiger charge is -2.08. The van der Waals surface area contributed by atoms with Crippen LogP contribution in [-0.4, -0.2) is 33.0 Å². The minimum Gasteiger partial charge on any atom is -0.497 e. The average Bonchev–Trinajstić information content (AvgIpc) is 2.35. The van der Waals surface area contributed by atoms with E-state index >= 15 is 0 Å². The summed E-state index contributed by atoms with van der Waals surface area (Å²) in [7, 11) is 3.02. The van der Waals surface area contributed by atoms with Crippen LogP contribution < -0.4 is 14.8 Å². The van der Waals surface area contributed by atoms with E-state index in [1.54, 1.807) is 18.2 Å². The van der Waals surface area contributed by atoms with Crippen molar-refractivity contribution in [2.75, 3.05) is 20.8 Å². The number of carbonyl (C=O) groups excluding carboxylic acids is 2. The summed E-state index contributed by atoms with van der Waals surface area (Å²) in [4.78, 5) is 21.7. The Morgan fingerprint density at radius 1 is 1.50 bits per heavy atom. The third-order valence-corrected chi connectivity index (χ3v) is 1.98. The fourth-order valence-electron chi connectivity index (χ4n) is 1.09. The number of benzene rings is 1. The molecule has 0 aliphatic carbocycles. The predicted molar refractivity (Wildman–Crippen MR) is 57.9 cm³/mol. The van der Waals surface area contributed by atoms with E-state index in [4.69, 9.17) is 9.47 Å². The third-order valence-electron chi connectivity index (χ3n) is 1.98. The second-order valence-electron chi connectivity index (χ2n) is 2.98. The number of amides is 1. The van der Waals surface area contributed by atoms with Crippen molar-refractivity contribution in [2.45, 2.75) is 0 Å². The van der Waals surface area contributed by atoms with Gasteiger partial charge in [0, 0.05) is 7.05 Å². The first kappa shape index (κ1) is 12.0. The Balaban J connectivity index is 2.79. The van der Waals surface area contributed by atoms with E-state index < -0.39 is 0 Å². The Labute approximate surface area is 93.4 Å². The predicted octanol–water partition coefficient (Wildman–Crippen LogP) is 0.632. The zero-order chi connectivity index (χ0) is 12.0. The summed E-state index contributed by atoms with van der Waals surface area (Å²) >= 11 is 0. The number of nitrogens with one attached hydrogen (secondary N) is 1. The van der Waals surface area contributed by atoms with Gasteiger partial charge in [-0.15, -0.1) is 0 Å². The molecular formula is C11H13NO4. The molecule has 86 valence electrons. The fraction of sp³-hybridized carbons (Fsp3) is 0.273. The van der Waals surface area contributed by atoms with E-state index in [1.165, 1.54) is 14.2 Å². The minimum absolute atomic E-state index is 0.121. The number of likely N-dealkylation sites (N-methyl/N-ethyl adjacent to an activating group) is 1. The van der Waals surface area contributed by atoms with Gasteiger partial charge in [0.25, 0.3) is 5.91 Å². The number of aldehydes is 1. The zero-order valence-electron chi connectivity index (χ0n) is 9.15. The Morgan fingerprint density at radius 3 is 2.81 bits per heavy atom. The van der Waals surface area contributed by atoms with Gasteiger partial charge in [-0.25, -0.2) is 0 Å². The highest BCUT2D eigenvalue weighted by Gasteiger charge is 2.06. The molecule has 5 heteroatoms. The Hall–Kier alpha value is -2.04. The molecule has 0 aliphatic heterocycles. The van der Waals surface area contributed by atoms with E-state index in [0.717, 1.165) is 0 Å². The molecule has 0 unspecified atom stereocenters. The third kappa shape index (κ3) is 2.98. The number of carbonyl (C=O) groups is 2. The van der Waals surface area contributed by atoms with Crippen LogP contribution in [-0.2, 0) is 4.79 Å². The van der Waals surface area contributed by atoms with Crippen molar-refractivity contribution in [3.05, 3.63) is 23.8 Å². The highest BCUT2D eigenvalue weighted by Crippen LogP contribution is 2.22. The molecule has 1 aromatic carbocycles. The topological polar surface area (TPSA) is 64.6 Å². The molecule has 0 saturated heterocycles. The summed E-state index contributed by atoms with van der Waals surface area (Å²) in [5, 5.41) is 2.42. The molecule has 5 nitrogen and oxygen atoms in total. The highest BCUT2D eigenvalue weighted by atomic mass is 16.5. The van der Waals surface area contributed by atoms with Crippen LogP contribution in [0.15, 0.2) is 18.2 Å². The summed E-state index contributed by atoms with van der Waals surface area (Å²) in [6.07, 6.45) is 0.654. The number of hydrogen-bond acceptors (Lipinski definition) is 4. The monoisotopic (exact) mass is 223 g/mol. The molecule has 1 rings (SSSR count). The van der Waals surface area contributed by atoms with Crippen LogP contribution in [0.25, 0.3) is 0 Å². The van der Waals surface area contributed by atoms with Gasteiger partial charge in [-0.1, -0.05) is 0 Å². The molecule has 0 bridgehead atoms. The van der Waals surface area contributed by atoms with E-state index in [2.05, 4.69) is 5.32 Å². The smallest absolute Gasteiger partial charge is 0.257 e. The van der Waals surface area contributed by atoms with Gasteiger partial charge in [-0.05, 0) is 18.2 Å². The standard InChI is InChI=1S/C11H13NO4/c1-12-11(14)7-16-10-4-3-9(15-2)5-8(10)6-13/h3-6H,7H2,1-2H3,(H,12,14). The molecule has 0 radical (unpaired) electrons. The van der Waals surface area contributed by atoms with Crippen molar-refractivity contribution in [2.24, 2.45) is 0 Å². The number of methoxy groups -OCH3 is 1. The summed E-state index contributed by atoms with van der Waals surface area (Å²) in [6.45, 7) is -0.121. The molecule has 0 saturated carbocycles. The van der Waals surface area contributed by atoms with Crippen LogP contribution in [0.3, 0.4) is 0 Å². The first-order chi connectivity index (χ1) is 7.71. The summed E-state index contributed by atoms with van der Waals surface area (Å²) in [6, 6.07) is 4.80. The van der Waals surface area contributed by atoms with Crippen LogP contribution in [0.4, 0.5) is 0 Å². The largest absolute Gasteiger partial charge is 0.497 e. The summed E-state index contributed by atoms with van der Waals surface area (Å²) in [5.41, 5.74) is 0.350. The van der Waals surface area contributed by atoms with E-state index in [9.17, 15) is 9.59 Å². The molecule has 0 atom stereocenters. The zero-order valence-corrected chi connectivity index (χ0v) is 9.15. The normalized spacial score (nSPS) is 9.38. The Kier molecular flexibility index (Phi) is 4.32. The summed E-state index contributed by atoms with van der Waals surface area (Å²) in [5.74, 6) is 0.668. The Bertz CT molecular complexity index is 390. The SMILES string of the molecule is CNC(=O)COc1ccc(OC)cc1C=O. The molecule has 1 N–H and O–H groups in total. The van der Waals surface area contributed by atoms with Crippen molar-refractivity contribution in [3.63, 3.8) is 0 Å². The van der Waals surface area contributed by atoms with Crippen LogP contribution in [0.5, 0.6) is 11.5 Å². The molecule has 0 aliphatic rings. The molecule has 0 spiro atoms. The maximum absolute atomic E-state index is 11.0. The maximum atomic E-state index is 11.0. The van der Waals surface area contributed by atoms with Crippen LogP contribution in [0, 0.1) is 0 Å². The molecule has 0 fully saturated rings. The highest BCUT2D eigenvalue weighted by molar-refractivity contribution is 5.81. The van der Waals surface area contributed by atoms with Gasteiger partial charge in [-0.3, -0.25) is 9.59 Å². The van der Waals surface area contributed by atoms with Crippen LogP contribution in [0.1, 0.15) is 10.4 Å². The van der Waals surface area contributed by atoms with Gasteiger partial charge in [0.2, 0.25) is 0 Å². The van der Waals surface area contributed by atoms with Gasteiger partial charge in [0.15, 0.2) is 12.9 Å². The second-order valence-corrected chi connectivity index (χ2v) is 2.98. The van der Waals surface area contributed by atoms with Crippen molar-refractivity contribution in [1.29, 1.82) is 0 Å². The number of hydrogen-bond donors (Lipinski definition) is 1. The molecule has 16 heavy (non-hydrogen) atoms. The van der Waals surface area contributed by atoms with Crippen LogP contribution >= 0.6 is 0 Å². The van der Waals surface area contributed by atoms with Crippen molar-refractivity contribution in [1.82, 2.24) is 5.32 Å². The van der Waals surface area contributed by atoms with E-state index in [0.29, 0.717) is 23.3 Å². The van der Waals surface area contributed by atoms with Gasteiger partial charge >= 0.3 is 0 Å². The van der Waals surface area contributed by atoms with Crippen LogP contribution in [0.2, 0.25) is 0 Å². The Morgan fingerprint density at radius 2 is 2.25 bits per heavy atom. The lowest BCUT2D eigenvalue weighted by molar-refractivity contribution is -0.122. The van der Waals surface area contributed by atoms with Crippen molar-refractivity contribution in [3.8, 4) is 11.5 Å². The quantitative estimate of drug-likeness (QED) is 0.744. The fourth-order valence-corrected chi connectivity index (χ4v) is 1.09. The first-order valence-electron chi connectivity index (χ1n) is 4.68. The van der Waals surface area contributed by atoms with Gasteiger partial charge in [-0.2, -0.15) is 0 Å². The average molecular weight is 223 g/mol.